The normalized spacial score (nSPS) is 10.9. The highest BCUT2D eigenvalue weighted by molar-refractivity contribution is 7.92. The molecule has 8 nitrogen and oxygen atoms in total. The monoisotopic (exact) mass is 491 g/mol. The van der Waals surface area contributed by atoms with E-state index in [1.807, 2.05) is 0 Å². The highest BCUT2D eigenvalue weighted by Crippen LogP contribution is 2.30. The number of hydrogen-bond donors (Lipinski definition) is 3. The Kier molecular flexibility index (Phi) is 7.19. The summed E-state index contributed by atoms with van der Waals surface area (Å²) in [5.41, 5.74) is 0.826. The fraction of sp³-hybridized carbons (Fsp3) is 0.0909. The summed E-state index contributed by atoms with van der Waals surface area (Å²) in [5.74, 6) is -1.12. The first-order chi connectivity index (χ1) is 15.6. The van der Waals surface area contributed by atoms with Gasteiger partial charge in [-0.1, -0.05) is 11.6 Å². The van der Waals surface area contributed by atoms with Crippen molar-refractivity contribution >= 4 is 50.5 Å². The first kappa shape index (κ1) is 24.0. The fourth-order valence-electron chi connectivity index (χ4n) is 2.86. The Bertz CT molecular complexity index is 1310. The van der Waals surface area contributed by atoms with Crippen LogP contribution < -0.4 is 20.1 Å². The minimum atomic E-state index is -4.18. The van der Waals surface area contributed by atoms with Crippen molar-refractivity contribution in [1.29, 1.82) is 0 Å². The summed E-state index contributed by atoms with van der Waals surface area (Å²) in [5, 5.41) is 5.12. The van der Waals surface area contributed by atoms with E-state index in [1.54, 1.807) is 12.1 Å². The lowest BCUT2D eigenvalue weighted by atomic mass is 10.2. The summed E-state index contributed by atoms with van der Waals surface area (Å²) >= 11 is 6.08. The molecular weight excluding hydrogens is 473 g/mol. The third-order valence-electron chi connectivity index (χ3n) is 4.35. The number of carbonyl (C=O) groups excluding carboxylic acids is 2. The molecule has 0 saturated carbocycles. The SMILES string of the molecule is COc1ccc(NC(C)=O)cc1NC(=O)c1ccc(Cl)c(S(=O)(=O)Nc2ccc(F)cc2)c1. The largest absolute Gasteiger partial charge is 0.495 e. The molecule has 0 aromatic heterocycles. The van der Waals surface area contributed by atoms with Crippen LogP contribution in [0.4, 0.5) is 21.5 Å². The van der Waals surface area contributed by atoms with Gasteiger partial charge in [0.1, 0.15) is 16.5 Å². The molecule has 0 aliphatic rings. The van der Waals surface area contributed by atoms with E-state index >= 15 is 0 Å². The molecule has 0 radical (unpaired) electrons. The van der Waals surface area contributed by atoms with E-state index in [9.17, 15) is 22.4 Å². The lowest BCUT2D eigenvalue weighted by Gasteiger charge is -2.14. The van der Waals surface area contributed by atoms with Gasteiger partial charge in [-0.25, -0.2) is 12.8 Å². The topological polar surface area (TPSA) is 114 Å². The van der Waals surface area contributed by atoms with E-state index in [2.05, 4.69) is 15.4 Å². The predicted octanol–water partition coefficient (Wildman–Crippen LogP) is 4.50. The maximum atomic E-state index is 13.1. The van der Waals surface area contributed by atoms with Crippen LogP contribution in [-0.4, -0.2) is 27.3 Å². The van der Waals surface area contributed by atoms with Crippen molar-refractivity contribution in [1.82, 2.24) is 0 Å². The first-order valence-electron chi connectivity index (χ1n) is 9.44. The van der Waals surface area contributed by atoms with E-state index in [1.165, 1.54) is 44.4 Å². The standard InChI is InChI=1S/C22H19ClFN3O5S/c1-13(28)25-17-8-10-20(32-2)19(12-17)26-22(29)14-3-9-18(23)21(11-14)33(30,31)27-16-6-4-15(24)5-7-16/h3-12,27H,1-2H3,(H,25,28)(H,26,29). The zero-order valence-corrected chi connectivity index (χ0v) is 19.1. The van der Waals surface area contributed by atoms with Crippen molar-refractivity contribution in [3.63, 3.8) is 0 Å². The van der Waals surface area contributed by atoms with Gasteiger partial charge in [-0.05, 0) is 60.7 Å². The van der Waals surface area contributed by atoms with Crippen LogP contribution in [0.1, 0.15) is 17.3 Å². The number of nitrogens with one attached hydrogen (secondary N) is 3. The molecule has 0 fully saturated rings. The summed E-state index contributed by atoms with van der Waals surface area (Å²) in [6.45, 7) is 1.35. The second-order valence-electron chi connectivity index (χ2n) is 6.81. The number of hydrogen-bond acceptors (Lipinski definition) is 5. The lowest BCUT2D eigenvalue weighted by Crippen LogP contribution is -2.17. The first-order valence-corrected chi connectivity index (χ1v) is 11.3. The highest BCUT2D eigenvalue weighted by atomic mass is 35.5. The number of carbonyl (C=O) groups is 2. The number of benzene rings is 3. The number of methoxy groups -OCH3 is 1. The third kappa shape index (κ3) is 5.99. The zero-order valence-electron chi connectivity index (χ0n) is 17.5. The summed E-state index contributed by atoms with van der Waals surface area (Å²) in [4.78, 5) is 23.8. The molecule has 3 aromatic carbocycles. The van der Waals surface area contributed by atoms with Gasteiger partial charge in [0, 0.05) is 23.9 Å². The molecule has 172 valence electrons. The summed E-state index contributed by atoms with van der Waals surface area (Å²) in [7, 11) is -2.76. The van der Waals surface area contributed by atoms with Crippen molar-refractivity contribution in [2.75, 3.05) is 22.5 Å². The Morgan fingerprint density at radius 2 is 1.61 bits per heavy atom. The number of ether oxygens (including phenoxy) is 1. The van der Waals surface area contributed by atoms with Gasteiger partial charge in [-0.3, -0.25) is 14.3 Å². The van der Waals surface area contributed by atoms with Gasteiger partial charge in [0.05, 0.1) is 17.8 Å². The average molecular weight is 492 g/mol. The van der Waals surface area contributed by atoms with Gasteiger partial charge in [0.2, 0.25) is 5.91 Å². The van der Waals surface area contributed by atoms with Crippen LogP contribution >= 0.6 is 11.6 Å². The number of halogens is 2. The van der Waals surface area contributed by atoms with Gasteiger partial charge < -0.3 is 15.4 Å². The smallest absolute Gasteiger partial charge is 0.263 e. The lowest BCUT2D eigenvalue weighted by molar-refractivity contribution is -0.114. The molecule has 0 saturated heterocycles. The molecule has 11 heteroatoms. The van der Waals surface area contributed by atoms with Crippen LogP contribution in [0, 0.1) is 5.82 Å². The minimum absolute atomic E-state index is 0.00543. The van der Waals surface area contributed by atoms with Crippen molar-refractivity contribution in [3.8, 4) is 5.75 Å². The number of anilines is 3. The fourth-order valence-corrected chi connectivity index (χ4v) is 4.45. The van der Waals surface area contributed by atoms with E-state index in [4.69, 9.17) is 16.3 Å². The Balaban J connectivity index is 1.89. The molecule has 0 heterocycles. The van der Waals surface area contributed by atoms with Crippen LogP contribution in [-0.2, 0) is 14.8 Å². The van der Waals surface area contributed by atoms with Crippen molar-refractivity contribution in [2.24, 2.45) is 0 Å². The number of amides is 2. The van der Waals surface area contributed by atoms with E-state index in [-0.39, 0.29) is 32.8 Å². The highest BCUT2D eigenvalue weighted by Gasteiger charge is 2.21. The van der Waals surface area contributed by atoms with Gasteiger partial charge in [-0.15, -0.1) is 0 Å². The van der Waals surface area contributed by atoms with Crippen molar-refractivity contribution in [3.05, 3.63) is 77.1 Å². The van der Waals surface area contributed by atoms with Crippen molar-refractivity contribution in [2.45, 2.75) is 11.8 Å². The van der Waals surface area contributed by atoms with Gasteiger partial charge >= 0.3 is 0 Å². The molecule has 3 N–H and O–H groups in total. The van der Waals surface area contributed by atoms with E-state index in [0.717, 1.165) is 18.2 Å². The number of rotatable bonds is 7. The van der Waals surface area contributed by atoms with Gasteiger partial charge in [0.25, 0.3) is 15.9 Å². The predicted molar refractivity (Wildman–Crippen MR) is 124 cm³/mol. The maximum absolute atomic E-state index is 13.1. The molecule has 0 aliphatic carbocycles. The van der Waals surface area contributed by atoms with Gasteiger partial charge in [-0.2, -0.15) is 0 Å². The van der Waals surface area contributed by atoms with Crippen LogP contribution in [0.2, 0.25) is 5.02 Å². The van der Waals surface area contributed by atoms with Gasteiger partial charge in [0.15, 0.2) is 0 Å². The van der Waals surface area contributed by atoms with Crippen molar-refractivity contribution < 1.29 is 27.1 Å². The molecule has 0 aliphatic heterocycles. The molecule has 0 spiro atoms. The molecule has 3 rings (SSSR count). The summed E-state index contributed by atoms with van der Waals surface area (Å²) in [6.07, 6.45) is 0. The second kappa shape index (κ2) is 9.88. The third-order valence-corrected chi connectivity index (χ3v) is 6.21. The maximum Gasteiger partial charge on any atom is 0.263 e. The Morgan fingerprint density at radius 3 is 2.24 bits per heavy atom. The molecule has 0 unspecified atom stereocenters. The molecule has 3 aromatic rings. The van der Waals surface area contributed by atoms with Crippen LogP contribution in [0.25, 0.3) is 0 Å². The van der Waals surface area contributed by atoms with E-state index < -0.39 is 21.7 Å². The Hall–Kier alpha value is -3.63. The van der Waals surface area contributed by atoms with Crippen LogP contribution in [0.3, 0.4) is 0 Å². The molecule has 0 bridgehead atoms. The second-order valence-corrected chi connectivity index (χ2v) is 8.87. The molecule has 2 amide bonds. The minimum Gasteiger partial charge on any atom is -0.495 e. The quantitative estimate of drug-likeness (QED) is 0.450. The average Bonchev–Trinajstić information content (AvgIpc) is 2.75. The molecule has 0 atom stereocenters. The van der Waals surface area contributed by atoms with E-state index in [0.29, 0.717) is 11.4 Å². The Labute approximate surface area is 194 Å². The summed E-state index contributed by atoms with van der Waals surface area (Å²) in [6, 6.07) is 13.1. The summed E-state index contributed by atoms with van der Waals surface area (Å²) < 4.78 is 46.2. The van der Waals surface area contributed by atoms with Crippen LogP contribution in [0.15, 0.2) is 65.6 Å². The van der Waals surface area contributed by atoms with Crippen LogP contribution in [0.5, 0.6) is 5.75 Å². The molecule has 33 heavy (non-hydrogen) atoms. The molecular formula is C22H19ClFN3O5S. The number of sulfonamides is 1. The Morgan fingerprint density at radius 1 is 0.939 bits per heavy atom. The zero-order chi connectivity index (χ0) is 24.2.